The Morgan fingerprint density at radius 3 is 2.62 bits per heavy atom. The van der Waals surface area contributed by atoms with Crippen molar-refractivity contribution < 1.29 is 18.7 Å². The van der Waals surface area contributed by atoms with Gasteiger partial charge in [0.1, 0.15) is 5.82 Å². The third kappa shape index (κ3) is 4.77. The molecule has 0 spiro atoms. The van der Waals surface area contributed by atoms with Crippen LogP contribution in [0.25, 0.3) is 0 Å². The molecule has 2 aromatic carbocycles. The molecule has 0 radical (unpaired) electrons. The summed E-state index contributed by atoms with van der Waals surface area (Å²) in [6.45, 7) is -0.393. The number of nitrogens with zero attached hydrogens (tertiary/aromatic N) is 1. The molecule has 132 valence electrons. The number of thiazole rings is 1. The molecule has 0 fully saturated rings. The quantitative estimate of drug-likeness (QED) is 0.336. The average molecular weight is 387 g/mol. The van der Waals surface area contributed by atoms with Crippen LogP contribution in [-0.4, -0.2) is 23.3 Å². The highest BCUT2D eigenvalue weighted by atomic mass is 32.2. The standard InChI is InChI=1S/C19H14FNO3S2/c20-14-7-5-13(6-8-14)17(22)9-24-19(23)16-3-1-2-4-18(16)26-11-15-10-25-12-21-15/h1-8,10,12H,9,11H2. The molecule has 0 aliphatic carbocycles. The summed E-state index contributed by atoms with van der Waals surface area (Å²) in [6.07, 6.45) is 0. The zero-order valence-electron chi connectivity index (χ0n) is 13.6. The van der Waals surface area contributed by atoms with Gasteiger partial charge in [-0.05, 0) is 36.4 Å². The zero-order valence-corrected chi connectivity index (χ0v) is 15.2. The maximum absolute atomic E-state index is 12.9. The molecular formula is C19H14FNO3S2. The Morgan fingerprint density at radius 1 is 1.12 bits per heavy atom. The van der Waals surface area contributed by atoms with Crippen LogP contribution in [-0.2, 0) is 10.5 Å². The number of hydrogen-bond donors (Lipinski definition) is 0. The lowest BCUT2D eigenvalue weighted by molar-refractivity contribution is 0.0471. The van der Waals surface area contributed by atoms with Crippen LogP contribution in [0.1, 0.15) is 26.4 Å². The number of benzene rings is 2. The van der Waals surface area contributed by atoms with Crippen molar-refractivity contribution >= 4 is 34.9 Å². The van der Waals surface area contributed by atoms with Crippen LogP contribution < -0.4 is 0 Å². The summed E-state index contributed by atoms with van der Waals surface area (Å²) in [4.78, 5) is 29.4. The van der Waals surface area contributed by atoms with E-state index in [9.17, 15) is 14.0 Å². The van der Waals surface area contributed by atoms with Gasteiger partial charge in [-0.1, -0.05) is 12.1 Å². The molecule has 1 heterocycles. The number of ether oxygens (including phenoxy) is 1. The van der Waals surface area contributed by atoms with Crippen LogP contribution in [0.15, 0.2) is 64.3 Å². The molecule has 0 amide bonds. The maximum atomic E-state index is 12.9. The molecule has 1 aromatic heterocycles. The second kappa shape index (κ2) is 8.73. The molecule has 0 aliphatic heterocycles. The van der Waals surface area contributed by atoms with Gasteiger partial charge in [-0.25, -0.2) is 14.2 Å². The lowest BCUT2D eigenvalue weighted by Gasteiger charge is -2.08. The predicted octanol–water partition coefficient (Wildman–Crippen LogP) is 4.61. The van der Waals surface area contributed by atoms with Crippen LogP contribution in [0.2, 0.25) is 0 Å². The van der Waals surface area contributed by atoms with Crippen molar-refractivity contribution in [2.75, 3.05) is 6.61 Å². The lowest BCUT2D eigenvalue weighted by Crippen LogP contribution is -2.15. The van der Waals surface area contributed by atoms with Gasteiger partial charge in [0.15, 0.2) is 12.4 Å². The normalized spacial score (nSPS) is 10.5. The Balaban J connectivity index is 1.62. The molecule has 26 heavy (non-hydrogen) atoms. The molecule has 0 unspecified atom stereocenters. The first-order valence-electron chi connectivity index (χ1n) is 7.68. The summed E-state index contributed by atoms with van der Waals surface area (Å²) in [5.41, 5.74) is 3.40. The van der Waals surface area contributed by atoms with Crippen molar-refractivity contribution in [2.45, 2.75) is 10.6 Å². The smallest absolute Gasteiger partial charge is 0.339 e. The Kier molecular flexibility index (Phi) is 6.14. The molecular weight excluding hydrogens is 373 g/mol. The van der Waals surface area contributed by atoms with Gasteiger partial charge in [0, 0.05) is 21.6 Å². The predicted molar refractivity (Wildman–Crippen MR) is 99.1 cm³/mol. The fourth-order valence-electron chi connectivity index (χ4n) is 2.15. The van der Waals surface area contributed by atoms with Crippen molar-refractivity contribution in [2.24, 2.45) is 0 Å². The Labute approximate surface area is 158 Å². The second-order valence-electron chi connectivity index (χ2n) is 5.27. The van der Waals surface area contributed by atoms with Crippen LogP contribution >= 0.6 is 23.1 Å². The number of Topliss-reactive ketones (excluding diaryl/α,β-unsaturated/α-hetero) is 1. The van der Waals surface area contributed by atoms with E-state index in [0.717, 1.165) is 10.6 Å². The lowest BCUT2D eigenvalue weighted by atomic mass is 10.1. The molecule has 0 atom stereocenters. The summed E-state index contributed by atoms with van der Waals surface area (Å²) < 4.78 is 18.0. The summed E-state index contributed by atoms with van der Waals surface area (Å²) in [6, 6.07) is 12.2. The Morgan fingerprint density at radius 2 is 1.88 bits per heavy atom. The van der Waals surface area contributed by atoms with Crippen LogP contribution in [0, 0.1) is 5.82 Å². The van der Waals surface area contributed by atoms with Gasteiger partial charge in [0.2, 0.25) is 0 Å². The highest BCUT2D eigenvalue weighted by Gasteiger charge is 2.15. The molecule has 0 saturated carbocycles. The minimum atomic E-state index is -0.568. The van der Waals surface area contributed by atoms with E-state index in [1.54, 1.807) is 17.6 Å². The first-order chi connectivity index (χ1) is 12.6. The van der Waals surface area contributed by atoms with E-state index in [-0.39, 0.29) is 5.78 Å². The van der Waals surface area contributed by atoms with Crippen LogP contribution in [0.4, 0.5) is 4.39 Å². The number of carbonyl (C=O) groups is 2. The Bertz CT molecular complexity index is 895. The van der Waals surface area contributed by atoms with Gasteiger partial charge in [-0.15, -0.1) is 23.1 Å². The van der Waals surface area contributed by atoms with E-state index < -0.39 is 18.4 Å². The average Bonchev–Trinajstić information content (AvgIpc) is 3.18. The van der Waals surface area contributed by atoms with Crippen molar-refractivity contribution in [1.82, 2.24) is 4.98 Å². The van der Waals surface area contributed by atoms with E-state index >= 15 is 0 Å². The van der Waals surface area contributed by atoms with Gasteiger partial charge in [-0.3, -0.25) is 4.79 Å². The summed E-state index contributed by atoms with van der Waals surface area (Å²) in [5.74, 6) is -0.736. The molecule has 0 bridgehead atoms. The number of rotatable bonds is 7. The molecule has 3 rings (SSSR count). The van der Waals surface area contributed by atoms with Crippen molar-refractivity contribution in [3.63, 3.8) is 0 Å². The third-order valence-electron chi connectivity index (χ3n) is 3.47. The highest BCUT2D eigenvalue weighted by molar-refractivity contribution is 7.98. The van der Waals surface area contributed by atoms with Crippen molar-refractivity contribution in [3.8, 4) is 0 Å². The van der Waals surface area contributed by atoms with Gasteiger partial charge < -0.3 is 4.74 Å². The van der Waals surface area contributed by atoms with E-state index in [0.29, 0.717) is 16.9 Å². The Hall–Kier alpha value is -2.51. The molecule has 4 nitrogen and oxygen atoms in total. The fourth-order valence-corrected chi connectivity index (χ4v) is 3.76. The molecule has 0 saturated heterocycles. The van der Waals surface area contributed by atoms with E-state index in [4.69, 9.17) is 4.74 Å². The minimum absolute atomic E-state index is 0.297. The van der Waals surface area contributed by atoms with E-state index in [1.165, 1.54) is 47.4 Å². The largest absolute Gasteiger partial charge is 0.454 e. The van der Waals surface area contributed by atoms with Gasteiger partial charge in [0.25, 0.3) is 0 Å². The third-order valence-corrected chi connectivity index (χ3v) is 5.21. The summed E-state index contributed by atoms with van der Waals surface area (Å²) in [5, 5.41) is 1.95. The summed E-state index contributed by atoms with van der Waals surface area (Å²) in [7, 11) is 0. The molecule has 7 heteroatoms. The van der Waals surface area contributed by atoms with E-state index in [2.05, 4.69) is 4.98 Å². The number of ketones is 1. The molecule has 0 N–H and O–H groups in total. The van der Waals surface area contributed by atoms with E-state index in [1.807, 2.05) is 17.5 Å². The van der Waals surface area contributed by atoms with Gasteiger partial charge in [-0.2, -0.15) is 0 Å². The topological polar surface area (TPSA) is 56.3 Å². The van der Waals surface area contributed by atoms with Crippen LogP contribution in [0.5, 0.6) is 0 Å². The SMILES string of the molecule is O=C(COC(=O)c1ccccc1SCc1cscn1)c1ccc(F)cc1. The first kappa shape index (κ1) is 18.3. The minimum Gasteiger partial charge on any atom is -0.454 e. The second-order valence-corrected chi connectivity index (χ2v) is 7.01. The highest BCUT2D eigenvalue weighted by Crippen LogP contribution is 2.26. The number of hydrogen-bond acceptors (Lipinski definition) is 6. The number of aromatic nitrogens is 1. The van der Waals surface area contributed by atoms with Gasteiger partial charge in [0.05, 0.1) is 16.8 Å². The summed E-state index contributed by atoms with van der Waals surface area (Å²) >= 11 is 3.00. The van der Waals surface area contributed by atoms with Gasteiger partial charge >= 0.3 is 5.97 Å². The number of carbonyl (C=O) groups excluding carboxylic acids is 2. The molecule has 0 aliphatic rings. The first-order valence-corrected chi connectivity index (χ1v) is 9.61. The maximum Gasteiger partial charge on any atom is 0.339 e. The fraction of sp³-hybridized carbons (Fsp3) is 0.105. The number of thioether (sulfide) groups is 1. The number of esters is 1. The van der Waals surface area contributed by atoms with Crippen molar-refractivity contribution in [1.29, 1.82) is 0 Å². The van der Waals surface area contributed by atoms with Crippen LogP contribution in [0.3, 0.4) is 0 Å². The van der Waals surface area contributed by atoms with Crippen molar-refractivity contribution in [3.05, 3.63) is 82.1 Å². The molecule has 3 aromatic rings. The number of halogens is 1. The zero-order chi connectivity index (χ0) is 18.4. The monoisotopic (exact) mass is 387 g/mol.